The van der Waals surface area contributed by atoms with Gasteiger partial charge in [-0.05, 0) is 42.3 Å². The number of sulfonamides is 1. The standard InChI is InChI=1S/C16H24FNO2S/c1-14-9-11-16(12-10-14)21(19,20)18(17)13-5-8-15-6-3-2-4-7-15/h9-12,15H,2-8,13H2,1H3. The Kier molecular flexibility index (Phi) is 5.76. The molecule has 0 amide bonds. The fourth-order valence-corrected chi connectivity index (χ4v) is 4.00. The summed E-state index contributed by atoms with van der Waals surface area (Å²) >= 11 is 0. The second-order valence-electron chi connectivity index (χ2n) is 5.98. The fourth-order valence-electron chi connectivity index (χ4n) is 2.92. The summed E-state index contributed by atoms with van der Waals surface area (Å²) in [4.78, 5) is 0.0215. The Morgan fingerprint density at radius 3 is 2.38 bits per heavy atom. The lowest BCUT2D eigenvalue weighted by atomic mass is 9.86. The van der Waals surface area contributed by atoms with Crippen LogP contribution in [-0.2, 0) is 10.0 Å². The molecule has 1 aromatic carbocycles. The van der Waals surface area contributed by atoms with Gasteiger partial charge in [0, 0.05) is 6.54 Å². The number of halogens is 1. The second-order valence-corrected chi connectivity index (χ2v) is 7.79. The summed E-state index contributed by atoms with van der Waals surface area (Å²) in [6.45, 7) is 1.82. The number of aryl methyl sites for hydroxylation is 1. The monoisotopic (exact) mass is 313 g/mol. The SMILES string of the molecule is Cc1ccc(S(=O)(=O)N(F)CCCC2CCCCC2)cc1. The highest BCUT2D eigenvalue weighted by molar-refractivity contribution is 7.89. The molecule has 5 heteroatoms. The molecule has 2 rings (SSSR count). The van der Waals surface area contributed by atoms with Crippen molar-refractivity contribution in [2.45, 2.75) is 56.8 Å². The summed E-state index contributed by atoms with van der Waals surface area (Å²) in [7, 11) is -3.99. The van der Waals surface area contributed by atoms with Gasteiger partial charge in [-0.1, -0.05) is 49.8 Å². The second kappa shape index (κ2) is 7.36. The molecule has 0 atom stereocenters. The summed E-state index contributed by atoms with van der Waals surface area (Å²) in [6.07, 6.45) is 7.73. The first-order valence-electron chi connectivity index (χ1n) is 7.75. The zero-order valence-corrected chi connectivity index (χ0v) is 13.4. The largest absolute Gasteiger partial charge is 0.269 e. The number of hydrogen-bond donors (Lipinski definition) is 0. The van der Waals surface area contributed by atoms with Gasteiger partial charge in [-0.2, -0.15) is 0 Å². The first-order valence-corrected chi connectivity index (χ1v) is 9.19. The van der Waals surface area contributed by atoms with E-state index in [0.717, 1.165) is 12.0 Å². The Bertz CT molecular complexity index is 536. The molecule has 0 heterocycles. The lowest BCUT2D eigenvalue weighted by Gasteiger charge is -2.21. The van der Waals surface area contributed by atoms with Crippen molar-refractivity contribution in [1.29, 1.82) is 0 Å². The van der Waals surface area contributed by atoms with Gasteiger partial charge < -0.3 is 0 Å². The van der Waals surface area contributed by atoms with Gasteiger partial charge in [0.15, 0.2) is 0 Å². The van der Waals surface area contributed by atoms with E-state index < -0.39 is 10.0 Å². The highest BCUT2D eigenvalue weighted by Gasteiger charge is 2.24. The molecule has 0 unspecified atom stereocenters. The molecule has 1 fully saturated rings. The summed E-state index contributed by atoms with van der Waals surface area (Å²) in [5, 5.41) is 0. The number of rotatable bonds is 6. The van der Waals surface area contributed by atoms with Gasteiger partial charge in [0.1, 0.15) is 0 Å². The maximum atomic E-state index is 14.0. The van der Waals surface area contributed by atoms with Crippen LogP contribution in [0.3, 0.4) is 0 Å². The average Bonchev–Trinajstić information content (AvgIpc) is 2.48. The lowest BCUT2D eigenvalue weighted by molar-refractivity contribution is 0.132. The van der Waals surface area contributed by atoms with Crippen LogP contribution in [0, 0.1) is 12.8 Å². The van der Waals surface area contributed by atoms with Crippen LogP contribution in [0.4, 0.5) is 4.48 Å². The van der Waals surface area contributed by atoms with Crippen molar-refractivity contribution in [3.63, 3.8) is 0 Å². The van der Waals surface area contributed by atoms with E-state index in [1.165, 1.54) is 44.2 Å². The Morgan fingerprint density at radius 1 is 1.14 bits per heavy atom. The Balaban J connectivity index is 1.86. The van der Waals surface area contributed by atoms with Crippen LogP contribution in [0.15, 0.2) is 29.2 Å². The molecule has 1 aromatic rings. The molecule has 3 nitrogen and oxygen atoms in total. The maximum Gasteiger partial charge on any atom is 0.269 e. The average molecular weight is 313 g/mol. The van der Waals surface area contributed by atoms with E-state index in [9.17, 15) is 12.9 Å². The van der Waals surface area contributed by atoms with Crippen molar-refractivity contribution >= 4 is 10.0 Å². The summed E-state index contributed by atoms with van der Waals surface area (Å²) < 4.78 is 38.1. The summed E-state index contributed by atoms with van der Waals surface area (Å²) in [6, 6.07) is 6.28. The Labute approximate surface area is 127 Å². The van der Waals surface area contributed by atoms with E-state index in [4.69, 9.17) is 0 Å². The molecule has 118 valence electrons. The molecule has 1 aliphatic rings. The molecule has 0 bridgehead atoms. The van der Waals surface area contributed by atoms with E-state index in [1.54, 1.807) is 12.1 Å². The van der Waals surface area contributed by atoms with Crippen molar-refractivity contribution in [1.82, 2.24) is 4.53 Å². The third kappa shape index (κ3) is 4.51. The Hall–Kier alpha value is -0.940. The van der Waals surface area contributed by atoms with Crippen LogP contribution in [0.25, 0.3) is 0 Å². The van der Waals surface area contributed by atoms with Crippen molar-refractivity contribution in [3.05, 3.63) is 29.8 Å². The summed E-state index contributed by atoms with van der Waals surface area (Å²) in [5.41, 5.74) is 0.955. The molecule has 1 aliphatic carbocycles. The third-order valence-corrected chi connectivity index (χ3v) is 5.82. The normalized spacial score (nSPS) is 17.3. The molecule has 21 heavy (non-hydrogen) atoms. The van der Waals surface area contributed by atoms with Gasteiger partial charge in [-0.3, -0.25) is 0 Å². The van der Waals surface area contributed by atoms with Gasteiger partial charge in [-0.15, -0.1) is 4.48 Å². The quantitative estimate of drug-likeness (QED) is 0.737. The van der Waals surface area contributed by atoms with Crippen LogP contribution < -0.4 is 0 Å². The minimum Gasteiger partial charge on any atom is -0.205 e. The van der Waals surface area contributed by atoms with Crippen LogP contribution in [-0.4, -0.2) is 19.5 Å². The minimum absolute atomic E-state index is 0.000489. The third-order valence-electron chi connectivity index (χ3n) is 4.25. The molecule has 0 saturated heterocycles. The van der Waals surface area contributed by atoms with Crippen molar-refractivity contribution < 1.29 is 12.9 Å². The Morgan fingerprint density at radius 2 is 1.76 bits per heavy atom. The molecule has 0 aliphatic heterocycles. The van der Waals surface area contributed by atoms with E-state index in [0.29, 0.717) is 12.3 Å². The number of benzene rings is 1. The fraction of sp³-hybridized carbons (Fsp3) is 0.625. The van der Waals surface area contributed by atoms with Crippen LogP contribution in [0.2, 0.25) is 0 Å². The van der Waals surface area contributed by atoms with Gasteiger partial charge >= 0.3 is 0 Å². The number of hydrogen-bond acceptors (Lipinski definition) is 2. The van der Waals surface area contributed by atoms with E-state index in [1.807, 2.05) is 6.92 Å². The van der Waals surface area contributed by atoms with Crippen LogP contribution in [0.1, 0.15) is 50.5 Å². The minimum atomic E-state index is -3.99. The zero-order chi connectivity index (χ0) is 15.3. The predicted molar refractivity (Wildman–Crippen MR) is 82.0 cm³/mol. The summed E-state index contributed by atoms with van der Waals surface area (Å²) in [5.74, 6) is 0.647. The highest BCUT2D eigenvalue weighted by Crippen LogP contribution is 2.27. The van der Waals surface area contributed by atoms with E-state index >= 15 is 0 Å². The van der Waals surface area contributed by atoms with Gasteiger partial charge in [0.05, 0.1) is 4.90 Å². The predicted octanol–water partition coefficient (Wildman–Crippen LogP) is 4.23. The first-order chi connectivity index (χ1) is 10.00. The van der Waals surface area contributed by atoms with Gasteiger partial charge in [0.2, 0.25) is 0 Å². The molecular weight excluding hydrogens is 289 g/mol. The van der Waals surface area contributed by atoms with Gasteiger partial charge in [0.25, 0.3) is 10.0 Å². The maximum absolute atomic E-state index is 14.0. The molecule has 0 spiro atoms. The zero-order valence-electron chi connectivity index (χ0n) is 12.6. The first kappa shape index (κ1) is 16.4. The van der Waals surface area contributed by atoms with Crippen molar-refractivity contribution in [2.24, 2.45) is 5.92 Å². The number of nitrogens with zero attached hydrogens (tertiary/aromatic N) is 1. The van der Waals surface area contributed by atoms with E-state index in [-0.39, 0.29) is 16.0 Å². The van der Waals surface area contributed by atoms with Gasteiger partial charge in [-0.25, -0.2) is 8.42 Å². The van der Waals surface area contributed by atoms with Crippen LogP contribution >= 0.6 is 0 Å². The van der Waals surface area contributed by atoms with E-state index in [2.05, 4.69) is 0 Å². The molecule has 0 radical (unpaired) electrons. The molecule has 1 saturated carbocycles. The molecule has 0 N–H and O–H groups in total. The van der Waals surface area contributed by atoms with Crippen molar-refractivity contribution in [3.8, 4) is 0 Å². The molecule has 0 aromatic heterocycles. The highest BCUT2D eigenvalue weighted by atomic mass is 32.2. The van der Waals surface area contributed by atoms with Crippen molar-refractivity contribution in [2.75, 3.05) is 6.54 Å². The van der Waals surface area contributed by atoms with Crippen LogP contribution in [0.5, 0.6) is 0 Å². The lowest BCUT2D eigenvalue weighted by Crippen LogP contribution is -2.24. The smallest absolute Gasteiger partial charge is 0.205 e. The topological polar surface area (TPSA) is 37.4 Å². The molecular formula is C16H24FNO2S.